The van der Waals surface area contributed by atoms with E-state index in [2.05, 4.69) is 59.9 Å². The molecule has 0 amide bonds. The largest absolute Gasteiger partial charge is 0.337 e. The molecule has 3 heteroatoms. The quantitative estimate of drug-likeness (QED) is 0.894. The lowest BCUT2D eigenvalue weighted by molar-refractivity contribution is 0.467. The maximum Gasteiger partial charge on any atom is 0.125 e. The van der Waals surface area contributed by atoms with E-state index in [0.29, 0.717) is 6.04 Å². The first kappa shape index (κ1) is 12.8. The van der Waals surface area contributed by atoms with Crippen LogP contribution in [0.4, 0.5) is 0 Å². The summed E-state index contributed by atoms with van der Waals surface area (Å²) in [6, 6.07) is 9.22. The second kappa shape index (κ2) is 5.36. The van der Waals surface area contributed by atoms with Crippen LogP contribution in [0.25, 0.3) is 0 Å². The zero-order chi connectivity index (χ0) is 13.1. The number of hydrogen-bond donors (Lipinski definition) is 1. The van der Waals surface area contributed by atoms with E-state index in [1.165, 1.54) is 11.1 Å². The van der Waals surface area contributed by atoms with Gasteiger partial charge in [0.05, 0.1) is 6.04 Å². The van der Waals surface area contributed by atoms with Gasteiger partial charge in [-0.3, -0.25) is 0 Å². The topological polar surface area (TPSA) is 29.9 Å². The molecule has 0 bridgehead atoms. The van der Waals surface area contributed by atoms with E-state index in [4.69, 9.17) is 0 Å². The molecule has 0 saturated heterocycles. The predicted octanol–water partition coefficient (Wildman–Crippen LogP) is 3.14. The summed E-state index contributed by atoms with van der Waals surface area (Å²) >= 11 is 0. The van der Waals surface area contributed by atoms with Crippen molar-refractivity contribution in [2.75, 3.05) is 0 Å². The van der Waals surface area contributed by atoms with Crippen molar-refractivity contribution in [2.24, 2.45) is 7.05 Å². The molecule has 2 atom stereocenters. The molecule has 1 aromatic carbocycles. The van der Waals surface area contributed by atoms with Crippen LogP contribution in [0.3, 0.4) is 0 Å². The fourth-order valence-corrected chi connectivity index (χ4v) is 2.20. The van der Waals surface area contributed by atoms with Gasteiger partial charge >= 0.3 is 0 Å². The van der Waals surface area contributed by atoms with E-state index < -0.39 is 0 Å². The van der Waals surface area contributed by atoms with Gasteiger partial charge in [0.25, 0.3) is 0 Å². The molecule has 1 unspecified atom stereocenters. The highest BCUT2D eigenvalue weighted by atomic mass is 15.1. The minimum atomic E-state index is 0.237. The summed E-state index contributed by atoms with van der Waals surface area (Å²) < 4.78 is 2.06. The van der Waals surface area contributed by atoms with Crippen molar-refractivity contribution in [1.29, 1.82) is 0 Å². The van der Waals surface area contributed by atoms with Crippen molar-refractivity contribution in [1.82, 2.24) is 14.9 Å². The van der Waals surface area contributed by atoms with E-state index in [1.54, 1.807) is 0 Å². The SMILES string of the molecule is Cc1ccc([C@@H](C)NC(C)c2nccn2C)cc1. The maximum absolute atomic E-state index is 4.38. The van der Waals surface area contributed by atoms with Crippen molar-refractivity contribution in [2.45, 2.75) is 32.9 Å². The van der Waals surface area contributed by atoms with E-state index in [1.807, 2.05) is 19.4 Å². The molecule has 1 heterocycles. The number of aryl methyl sites for hydroxylation is 2. The van der Waals surface area contributed by atoms with Crippen LogP contribution in [-0.2, 0) is 7.05 Å². The number of nitrogens with one attached hydrogen (secondary N) is 1. The van der Waals surface area contributed by atoms with Gasteiger partial charge < -0.3 is 9.88 Å². The Kier molecular flexibility index (Phi) is 3.82. The molecule has 1 N–H and O–H groups in total. The standard InChI is InChI=1S/C15H21N3/c1-11-5-7-14(8-6-11)12(2)17-13(3)15-16-9-10-18(15)4/h5-10,12-13,17H,1-4H3/t12-,13?/m1/s1. The van der Waals surface area contributed by atoms with Crippen molar-refractivity contribution in [3.63, 3.8) is 0 Å². The zero-order valence-electron chi connectivity index (χ0n) is 11.5. The Labute approximate surface area is 109 Å². The summed E-state index contributed by atoms with van der Waals surface area (Å²) in [6.45, 7) is 6.44. The summed E-state index contributed by atoms with van der Waals surface area (Å²) in [7, 11) is 2.02. The third-order valence-corrected chi connectivity index (χ3v) is 3.32. The molecule has 0 fully saturated rings. The molecule has 0 aliphatic rings. The Morgan fingerprint density at radius 2 is 1.78 bits per heavy atom. The lowest BCUT2D eigenvalue weighted by atomic mass is 10.1. The molecule has 0 saturated carbocycles. The van der Waals surface area contributed by atoms with E-state index in [-0.39, 0.29) is 6.04 Å². The van der Waals surface area contributed by atoms with Crippen LogP contribution in [0.2, 0.25) is 0 Å². The van der Waals surface area contributed by atoms with E-state index in [0.717, 1.165) is 5.82 Å². The number of aromatic nitrogens is 2. The molecule has 0 radical (unpaired) electrons. The van der Waals surface area contributed by atoms with Gasteiger partial charge in [0.15, 0.2) is 0 Å². The summed E-state index contributed by atoms with van der Waals surface area (Å²) in [4.78, 5) is 4.38. The lowest BCUT2D eigenvalue weighted by Crippen LogP contribution is -2.24. The first-order valence-electron chi connectivity index (χ1n) is 6.37. The van der Waals surface area contributed by atoms with Crippen LogP contribution in [0.5, 0.6) is 0 Å². The maximum atomic E-state index is 4.38. The first-order chi connectivity index (χ1) is 8.58. The van der Waals surface area contributed by atoms with Crippen molar-refractivity contribution < 1.29 is 0 Å². The Balaban J connectivity index is 2.05. The highest BCUT2D eigenvalue weighted by Gasteiger charge is 2.13. The Morgan fingerprint density at radius 1 is 1.11 bits per heavy atom. The van der Waals surface area contributed by atoms with Gasteiger partial charge in [-0.05, 0) is 26.3 Å². The van der Waals surface area contributed by atoms with Gasteiger partial charge in [0, 0.05) is 25.5 Å². The molecule has 2 rings (SSSR count). The van der Waals surface area contributed by atoms with Gasteiger partial charge in [-0.25, -0.2) is 4.98 Å². The molecule has 1 aromatic heterocycles. The summed E-state index contributed by atoms with van der Waals surface area (Å²) in [5, 5.41) is 3.58. The number of imidazole rings is 1. The van der Waals surface area contributed by atoms with Crippen LogP contribution in [-0.4, -0.2) is 9.55 Å². The van der Waals surface area contributed by atoms with Gasteiger partial charge in [0.2, 0.25) is 0 Å². The highest BCUT2D eigenvalue weighted by molar-refractivity contribution is 5.23. The molecular formula is C15H21N3. The monoisotopic (exact) mass is 243 g/mol. The molecule has 0 spiro atoms. The van der Waals surface area contributed by atoms with Crippen LogP contribution in [0.15, 0.2) is 36.7 Å². The Bertz CT molecular complexity index is 499. The molecule has 0 aliphatic carbocycles. The average Bonchev–Trinajstić information content (AvgIpc) is 2.76. The number of rotatable bonds is 4. The first-order valence-corrected chi connectivity index (χ1v) is 6.37. The third-order valence-electron chi connectivity index (χ3n) is 3.32. The minimum Gasteiger partial charge on any atom is -0.337 e. The van der Waals surface area contributed by atoms with Gasteiger partial charge in [-0.2, -0.15) is 0 Å². The lowest BCUT2D eigenvalue weighted by Gasteiger charge is -2.20. The van der Waals surface area contributed by atoms with Crippen LogP contribution in [0.1, 0.15) is 42.9 Å². The molecule has 3 nitrogen and oxygen atoms in total. The number of hydrogen-bond acceptors (Lipinski definition) is 2. The van der Waals surface area contributed by atoms with Crippen molar-refractivity contribution in [3.8, 4) is 0 Å². The fraction of sp³-hybridized carbons (Fsp3) is 0.400. The highest BCUT2D eigenvalue weighted by Crippen LogP contribution is 2.18. The zero-order valence-corrected chi connectivity index (χ0v) is 11.5. The van der Waals surface area contributed by atoms with Crippen LogP contribution < -0.4 is 5.32 Å². The second-order valence-electron chi connectivity index (χ2n) is 4.92. The Morgan fingerprint density at radius 3 is 2.33 bits per heavy atom. The second-order valence-corrected chi connectivity index (χ2v) is 4.92. The third kappa shape index (κ3) is 2.79. The number of benzene rings is 1. The van der Waals surface area contributed by atoms with Crippen molar-refractivity contribution in [3.05, 3.63) is 53.6 Å². The van der Waals surface area contributed by atoms with E-state index in [9.17, 15) is 0 Å². The smallest absolute Gasteiger partial charge is 0.125 e. The Hall–Kier alpha value is -1.61. The van der Waals surface area contributed by atoms with Crippen LogP contribution >= 0.6 is 0 Å². The van der Waals surface area contributed by atoms with Crippen LogP contribution in [0, 0.1) is 6.92 Å². The fourth-order valence-electron chi connectivity index (χ4n) is 2.20. The minimum absolute atomic E-state index is 0.237. The summed E-state index contributed by atoms with van der Waals surface area (Å²) in [5.41, 5.74) is 2.60. The average molecular weight is 243 g/mol. The van der Waals surface area contributed by atoms with Gasteiger partial charge in [-0.15, -0.1) is 0 Å². The van der Waals surface area contributed by atoms with Crippen molar-refractivity contribution >= 4 is 0 Å². The summed E-state index contributed by atoms with van der Waals surface area (Å²) in [6.07, 6.45) is 3.81. The number of nitrogens with zero attached hydrogens (tertiary/aromatic N) is 2. The molecule has 18 heavy (non-hydrogen) atoms. The van der Waals surface area contributed by atoms with Gasteiger partial charge in [0.1, 0.15) is 5.82 Å². The summed E-state index contributed by atoms with van der Waals surface area (Å²) in [5.74, 6) is 1.06. The normalized spacial score (nSPS) is 14.4. The molecule has 0 aliphatic heterocycles. The van der Waals surface area contributed by atoms with Gasteiger partial charge in [-0.1, -0.05) is 29.8 Å². The molecular weight excluding hydrogens is 222 g/mol. The predicted molar refractivity (Wildman–Crippen MR) is 74.4 cm³/mol. The molecule has 2 aromatic rings. The van der Waals surface area contributed by atoms with E-state index >= 15 is 0 Å². The molecule has 96 valence electrons.